The minimum absolute atomic E-state index is 0.276. The molecular weight excluding hydrogens is 362 g/mol. The van der Waals surface area contributed by atoms with Gasteiger partial charge in [0.2, 0.25) is 0 Å². The van der Waals surface area contributed by atoms with Crippen LogP contribution in [0.25, 0.3) is 0 Å². The summed E-state index contributed by atoms with van der Waals surface area (Å²) in [5, 5.41) is 7.11. The van der Waals surface area contributed by atoms with E-state index >= 15 is 0 Å². The Labute approximate surface area is 156 Å². The molecule has 142 valence electrons. The number of likely N-dealkylation sites (tertiary alicyclic amines) is 2. The van der Waals surface area contributed by atoms with Gasteiger partial charge in [0.15, 0.2) is 0 Å². The Morgan fingerprint density at radius 2 is 1.92 bits per heavy atom. The molecule has 0 atom stereocenters. The molecule has 1 aromatic carbocycles. The maximum Gasteiger partial charge on any atom is 0.282 e. The molecule has 1 amide bonds. The molecule has 0 unspecified atom stereocenters. The molecule has 5 nitrogen and oxygen atoms in total. The number of carbonyl (C=O) groups excluding carboxylic acids is 1. The predicted molar refractivity (Wildman–Crippen MR) is 97.2 cm³/mol. The van der Waals surface area contributed by atoms with Crippen molar-refractivity contribution >= 4 is 23.2 Å². The zero-order chi connectivity index (χ0) is 18.3. The van der Waals surface area contributed by atoms with Gasteiger partial charge in [0.1, 0.15) is 0 Å². The Hall–Kier alpha value is -1.44. The molecule has 3 aliphatic heterocycles. The Balaban J connectivity index is 1.30. The number of hydrogen-bond donors (Lipinski definition) is 2. The third-order valence-corrected chi connectivity index (χ3v) is 5.75. The van der Waals surface area contributed by atoms with Gasteiger partial charge in [-0.25, -0.2) is 8.78 Å². The average molecular weight is 385 g/mol. The largest absolute Gasteiger partial charge is 0.380 e. The molecule has 8 heteroatoms. The van der Waals surface area contributed by atoms with Crippen LogP contribution in [-0.2, 0) is 0 Å². The minimum Gasteiger partial charge on any atom is -0.380 e. The predicted octanol–water partition coefficient (Wildman–Crippen LogP) is 2.28. The number of amides is 1. The first kappa shape index (κ1) is 17.9. The average Bonchev–Trinajstić information content (AvgIpc) is 2.56. The Kier molecular flexibility index (Phi) is 4.79. The van der Waals surface area contributed by atoms with E-state index in [0.717, 1.165) is 36.8 Å². The van der Waals surface area contributed by atoms with E-state index in [0.29, 0.717) is 17.1 Å². The number of halogens is 3. The molecule has 0 spiro atoms. The van der Waals surface area contributed by atoms with Crippen LogP contribution in [0.15, 0.2) is 18.2 Å². The van der Waals surface area contributed by atoms with Gasteiger partial charge in [0.25, 0.3) is 11.8 Å². The molecule has 3 fully saturated rings. The smallest absolute Gasteiger partial charge is 0.282 e. The fraction of sp³-hybridized carbons (Fsp3) is 0.611. The molecule has 3 saturated heterocycles. The van der Waals surface area contributed by atoms with E-state index in [1.165, 1.54) is 12.8 Å². The first-order valence-electron chi connectivity index (χ1n) is 9.09. The number of rotatable bonds is 4. The zero-order valence-electron chi connectivity index (χ0n) is 14.5. The van der Waals surface area contributed by atoms with E-state index in [4.69, 9.17) is 11.6 Å². The summed E-state index contributed by atoms with van der Waals surface area (Å²) < 4.78 is 25.9. The third kappa shape index (κ3) is 3.66. The molecule has 3 aliphatic rings. The summed E-state index contributed by atoms with van der Waals surface area (Å²) >= 11 is 6.22. The minimum atomic E-state index is -2.77. The zero-order valence-corrected chi connectivity index (χ0v) is 15.2. The molecule has 0 bridgehead atoms. The van der Waals surface area contributed by atoms with Crippen molar-refractivity contribution in [3.05, 3.63) is 28.8 Å². The second-order valence-corrected chi connectivity index (χ2v) is 7.90. The lowest BCUT2D eigenvalue weighted by atomic mass is 9.98. The fourth-order valence-corrected chi connectivity index (χ4v) is 4.18. The maximum atomic E-state index is 12.9. The number of nitrogens with zero attached hydrogens (tertiary/aromatic N) is 2. The van der Waals surface area contributed by atoms with Gasteiger partial charge in [-0.2, -0.15) is 0 Å². The summed E-state index contributed by atoms with van der Waals surface area (Å²) in [6.45, 7) is 3.13. The second kappa shape index (κ2) is 6.94. The van der Waals surface area contributed by atoms with E-state index in [2.05, 4.69) is 15.5 Å². The van der Waals surface area contributed by atoms with Crippen LogP contribution in [0.2, 0.25) is 5.02 Å². The monoisotopic (exact) mass is 384 g/mol. The van der Waals surface area contributed by atoms with Gasteiger partial charge in [-0.3, -0.25) is 9.69 Å². The van der Waals surface area contributed by atoms with E-state index < -0.39 is 24.9 Å². The molecule has 1 aromatic rings. The van der Waals surface area contributed by atoms with Crippen LogP contribution < -0.4 is 10.6 Å². The molecule has 0 aromatic heterocycles. The van der Waals surface area contributed by atoms with Crippen LogP contribution in [0, 0.1) is 0 Å². The first-order valence-corrected chi connectivity index (χ1v) is 9.47. The van der Waals surface area contributed by atoms with Crippen molar-refractivity contribution in [3.8, 4) is 0 Å². The number of nitrogens with one attached hydrogen (secondary N) is 2. The van der Waals surface area contributed by atoms with Gasteiger partial charge in [0, 0.05) is 24.8 Å². The Bertz CT molecular complexity index is 682. The second-order valence-electron chi connectivity index (χ2n) is 7.49. The van der Waals surface area contributed by atoms with Gasteiger partial charge in [-0.1, -0.05) is 11.6 Å². The van der Waals surface area contributed by atoms with E-state index in [1.54, 1.807) is 18.2 Å². The molecule has 0 radical (unpaired) electrons. The van der Waals surface area contributed by atoms with Crippen LogP contribution in [-0.4, -0.2) is 73.0 Å². The molecule has 0 saturated carbocycles. The summed E-state index contributed by atoms with van der Waals surface area (Å²) in [4.78, 5) is 15.9. The van der Waals surface area contributed by atoms with Crippen molar-refractivity contribution < 1.29 is 13.6 Å². The third-order valence-electron chi connectivity index (χ3n) is 5.44. The van der Waals surface area contributed by atoms with Gasteiger partial charge < -0.3 is 15.5 Å². The van der Waals surface area contributed by atoms with Gasteiger partial charge in [-0.05, 0) is 44.1 Å². The SMILES string of the molecule is O=C(c1ccc(NC2CN(C3CCNCC3)C2)cc1Cl)N1CC(F)(F)C1. The summed E-state index contributed by atoms with van der Waals surface area (Å²) in [7, 11) is 0. The summed E-state index contributed by atoms with van der Waals surface area (Å²) in [5.41, 5.74) is 1.13. The number of carbonyl (C=O) groups is 1. The lowest BCUT2D eigenvalue weighted by molar-refractivity contribution is -0.113. The lowest BCUT2D eigenvalue weighted by Crippen LogP contribution is -2.60. The molecule has 2 N–H and O–H groups in total. The standard InChI is InChI=1S/C18H23ClF2N4O/c19-16-7-12(1-2-15(16)17(26)25-10-18(20,21)11-25)23-13-8-24(9-13)14-3-5-22-6-4-14/h1-2,7,13-14,22-23H,3-6,8-11H2. The number of alkyl halides is 2. The summed E-state index contributed by atoms with van der Waals surface area (Å²) in [6, 6.07) is 6.17. The van der Waals surface area contributed by atoms with Gasteiger partial charge in [0.05, 0.1) is 29.7 Å². The summed E-state index contributed by atoms with van der Waals surface area (Å²) in [6.07, 6.45) is 2.40. The normalized spacial score (nSPS) is 24.0. The van der Waals surface area contributed by atoms with Crippen molar-refractivity contribution in [2.75, 3.05) is 44.6 Å². The highest BCUT2D eigenvalue weighted by atomic mass is 35.5. The molecule has 4 rings (SSSR count). The Morgan fingerprint density at radius 1 is 1.23 bits per heavy atom. The van der Waals surface area contributed by atoms with Crippen molar-refractivity contribution in [1.29, 1.82) is 0 Å². The maximum absolute atomic E-state index is 12.9. The highest BCUT2D eigenvalue weighted by molar-refractivity contribution is 6.34. The van der Waals surface area contributed by atoms with Crippen molar-refractivity contribution in [2.24, 2.45) is 0 Å². The van der Waals surface area contributed by atoms with Gasteiger partial charge in [-0.15, -0.1) is 0 Å². The van der Waals surface area contributed by atoms with Crippen LogP contribution in [0.1, 0.15) is 23.2 Å². The first-order chi connectivity index (χ1) is 12.4. The number of anilines is 1. The van der Waals surface area contributed by atoms with E-state index in [-0.39, 0.29) is 5.56 Å². The van der Waals surface area contributed by atoms with E-state index in [1.807, 2.05) is 0 Å². The topological polar surface area (TPSA) is 47.6 Å². The molecule has 0 aliphatic carbocycles. The van der Waals surface area contributed by atoms with Crippen LogP contribution in [0.5, 0.6) is 0 Å². The fourth-order valence-electron chi connectivity index (χ4n) is 3.91. The van der Waals surface area contributed by atoms with Crippen molar-refractivity contribution in [1.82, 2.24) is 15.1 Å². The lowest BCUT2D eigenvalue weighted by Gasteiger charge is -2.46. The summed E-state index contributed by atoms with van der Waals surface area (Å²) in [5.74, 6) is -3.21. The quantitative estimate of drug-likeness (QED) is 0.836. The van der Waals surface area contributed by atoms with Gasteiger partial charge >= 0.3 is 0 Å². The van der Waals surface area contributed by atoms with Crippen molar-refractivity contribution in [3.63, 3.8) is 0 Å². The highest BCUT2D eigenvalue weighted by Crippen LogP contribution is 2.31. The number of hydrogen-bond acceptors (Lipinski definition) is 4. The van der Waals surface area contributed by atoms with E-state index in [9.17, 15) is 13.6 Å². The van der Waals surface area contributed by atoms with Crippen molar-refractivity contribution in [2.45, 2.75) is 30.8 Å². The van der Waals surface area contributed by atoms with Crippen LogP contribution >= 0.6 is 11.6 Å². The molecular formula is C18H23ClF2N4O. The number of piperidine rings is 1. The highest BCUT2D eigenvalue weighted by Gasteiger charge is 2.46. The van der Waals surface area contributed by atoms with Crippen LogP contribution in [0.4, 0.5) is 14.5 Å². The van der Waals surface area contributed by atoms with Crippen LogP contribution in [0.3, 0.4) is 0 Å². The molecule has 3 heterocycles. The molecule has 26 heavy (non-hydrogen) atoms. The number of benzene rings is 1. The Morgan fingerprint density at radius 3 is 2.54 bits per heavy atom.